The van der Waals surface area contributed by atoms with Crippen LogP contribution >= 0.6 is 0 Å². The molecule has 0 spiro atoms. The van der Waals surface area contributed by atoms with Crippen molar-refractivity contribution < 1.29 is 4.79 Å². The Labute approximate surface area is 145 Å². The first-order valence-corrected chi connectivity index (χ1v) is 8.48. The first-order valence-electron chi connectivity index (χ1n) is 8.48. The van der Waals surface area contributed by atoms with E-state index >= 15 is 0 Å². The van der Waals surface area contributed by atoms with Crippen LogP contribution < -0.4 is 5.32 Å². The van der Waals surface area contributed by atoms with E-state index < -0.39 is 0 Å². The average Bonchev–Trinajstić information content (AvgIpc) is 3.15. The Hall–Kier alpha value is -2.96. The van der Waals surface area contributed by atoms with Gasteiger partial charge in [-0.15, -0.1) is 0 Å². The lowest BCUT2D eigenvalue weighted by Gasteiger charge is -2.31. The van der Waals surface area contributed by atoms with Crippen LogP contribution in [0.4, 0.5) is 5.95 Å². The van der Waals surface area contributed by atoms with Crippen LogP contribution in [0.1, 0.15) is 34.8 Å². The molecule has 7 heteroatoms. The highest BCUT2D eigenvalue weighted by atomic mass is 16.2. The van der Waals surface area contributed by atoms with Gasteiger partial charge < -0.3 is 10.2 Å². The van der Waals surface area contributed by atoms with Gasteiger partial charge in [0.2, 0.25) is 5.95 Å². The third-order valence-electron chi connectivity index (χ3n) is 4.74. The normalized spacial score (nSPS) is 15.5. The van der Waals surface area contributed by atoms with Crippen LogP contribution in [0.15, 0.2) is 42.9 Å². The van der Waals surface area contributed by atoms with Crippen molar-refractivity contribution in [2.75, 3.05) is 25.5 Å². The summed E-state index contributed by atoms with van der Waals surface area (Å²) >= 11 is 0. The molecular formula is C18H20N6O. The number of fused-ring (bicyclic) bond motifs is 1. The fraction of sp³-hybridized carbons (Fsp3) is 0.333. The van der Waals surface area contributed by atoms with Crippen molar-refractivity contribution in [3.8, 4) is 0 Å². The molecule has 1 aliphatic heterocycles. The lowest BCUT2D eigenvalue weighted by atomic mass is 9.93. The van der Waals surface area contributed by atoms with Crippen LogP contribution in [0.5, 0.6) is 0 Å². The predicted octanol–water partition coefficient (Wildman–Crippen LogP) is 2.19. The number of nitrogens with one attached hydrogen (secondary N) is 1. The zero-order valence-corrected chi connectivity index (χ0v) is 14.1. The molecule has 1 amide bonds. The standard InChI is InChI=1S/C18H20N6O/c1-19-18-20-8-5-16(22-18)13-6-10-23(11-7-13)17(25)14-2-3-15-4-9-21-24(15)12-14/h2-5,8-9,12-13H,6-7,10-11H2,1H3,(H,19,20,22). The molecule has 128 valence electrons. The van der Waals surface area contributed by atoms with Gasteiger partial charge >= 0.3 is 0 Å². The number of anilines is 1. The van der Waals surface area contributed by atoms with E-state index in [0.29, 0.717) is 17.4 Å². The molecule has 4 heterocycles. The van der Waals surface area contributed by atoms with Crippen LogP contribution in [0.2, 0.25) is 0 Å². The lowest BCUT2D eigenvalue weighted by molar-refractivity contribution is 0.0711. The van der Waals surface area contributed by atoms with Crippen molar-refractivity contribution in [2.24, 2.45) is 0 Å². The second-order valence-electron chi connectivity index (χ2n) is 6.24. The first-order chi connectivity index (χ1) is 12.2. The van der Waals surface area contributed by atoms with Gasteiger partial charge in [0, 0.05) is 50.3 Å². The maximum atomic E-state index is 12.8. The first kappa shape index (κ1) is 15.6. The molecule has 3 aromatic rings. The van der Waals surface area contributed by atoms with Crippen molar-refractivity contribution >= 4 is 17.4 Å². The Balaban J connectivity index is 1.44. The van der Waals surface area contributed by atoms with E-state index in [2.05, 4.69) is 20.4 Å². The number of amides is 1. The molecule has 0 radical (unpaired) electrons. The molecule has 1 aliphatic rings. The maximum absolute atomic E-state index is 12.8. The summed E-state index contributed by atoms with van der Waals surface area (Å²) in [5.41, 5.74) is 2.71. The quantitative estimate of drug-likeness (QED) is 0.793. The fourth-order valence-electron chi connectivity index (χ4n) is 3.32. The number of carbonyl (C=O) groups excluding carboxylic acids is 1. The number of piperidine rings is 1. The molecule has 3 aromatic heterocycles. The summed E-state index contributed by atoms with van der Waals surface area (Å²) in [6.07, 6.45) is 7.14. The molecule has 1 N–H and O–H groups in total. The SMILES string of the molecule is CNc1nccc(C2CCN(C(=O)c3ccc4ccnn4c3)CC2)n1. The summed E-state index contributed by atoms with van der Waals surface area (Å²) in [4.78, 5) is 23.4. The molecule has 1 saturated heterocycles. The molecule has 0 saturated carbocycles. The van der Waals surface area contributed by atoms with E-state index in [0.717, 1.165) is 37.1 Å². The Kier molecular flexibility index (Phi) is 4.05. The van der Waals surface area contributed by atoms with Crippen molar-refractivity contribution in [3.05, 3.63) is 54.1 Å². The Bertz CT molecular complexity index is 897. The highest BCUT2D eigenvalue weighted by Gasteiger charge is 2.25. The summed E-state index contributed by atoms with van der Waals surface area (Å²) < 4.78 is 1.74. The lowest BCUT2D eigenvalue weighted by Crippen LogP contribution is -2.38. The number of pyridine rings is 1. The average molecular weight is 336 g/mol. The zero-order chi connectivity index (χ0) is 17.2. The molecule has 25 heavy (non-hydrogen) atoms. The number of carbonyl (C=O) groups is 1. The zero-order valence-electron chi connectivity index (χ0n) is 14.1. The number of aromatic nitrogens is 4. The van der Waals surface area contributed by atoms with Crippen LogP contribution in [0.3, 0.4) is 0 Å². The van der Waals surface area contributed by atoms with Gasteiger partial charge in [0.15, 0.2) is 0 Å². The summed E-state index contributed by atoms with van der Waals surface area (Å²) in [7, 11) is 1.82. The molecule has 0 aromatic carbocycles. The molecule has 0 atom stereocenters. The van der Waals surface area contributed by atoms with Gasteiger partial charge in [-0.1, -0.05) is 0 Å². The molecule has 0 aliphatic carbocycles. The smallest absolute Gasteiger partial charge is 0.255 e. The number of likely N-dealkylation sites (tertiary alicyclic amines) is 1. The summed E-state index contributed by atoms with van der Waals surface area (Å²) in [5.74, 6) is 1.07. The summed E-state index contributed by atoms with van der Waals surface area (Å²) in [5, 5.41) is 7.17. The molecule has 1 fully saturated rings. The van der Waals surface area contributed by atoms with Gasteiger partial charge in [-0.25, -0.2) is 14.5 Å². The number of hydrogen-bond donors (Lipinski definition) is 1. The van der Waals surface area contributed by atoms with Crippen molar-refractivity contribution in [3.63, 3.8) is 0 Å². The third kappa shape index (κ3) is 3.05. The van der Waals surface area contributed by atoms with E-state index in [1.807, 2.05) is 36.2 Å². The predicted molar refractivity (Wildman–Crippen MR) is 94.6 cm³/mol. The van der Waals surface area contributed by atoms with Crippen LogP contribution in [0.25, 0.3) is 5.52 Å². The van der Waals surface area contributed by atoms with Gasteiger partial charge in [-0.2, -0.15) is 5.10 Å². The van der Waals surface area contributed by atoms with Gasteiger partial charge in [-0.05, 0) is 37.1 Å². The van der Waals surface area contributed by atoms with Crippen LogP contribution in [-0.4, -0.2) is 50.5 Å². The van der Waals surface area contributed by atoms with E-state index in [1.54, 1.807) is 23.1 Å². The molecular weight excluding hydrogens is 316 g/mol. The van der Waals surface area contributed by atoms with Gasteiger partial charge in [0.1, 0.15) is 0 Å². The fourth-order valence-corrected chi connectivity index (χ4v) is 3.32. The third-order valence-corrected chi connectivity index (χ3v) is 4.74. The van der Waals surface area contributed by atoms with E-state index in [1.165, 1.54) is 0 Å². The minimum atomic E-state index is 0.0643. The maximum Gasteiger partial charge on any atom is 0.255 e. The van der Waals surface area contributed by atoms with Crippen molar-refractivity contribution in [1.29, 1.82) is 0 Å². The largest absolute Gasteiger partial charge is 0.357 e. The number of rotatable bonds is 3. The molecule has 7 nitrogen and oxygen atoms in total. The van der Waals surface area contributed by atoms with Crippen molar-refractivity contribution in [1.82, 2.24) is 24.5 Å². The second-order valence-corrected chi connectivity index (χ2v) is 6.24. The topological polar surface area (TPSA) is 75.4 Å². The highest BCUT2D eigenvalue weighted by Crippen LogP contribution is 2.27. The second kappa shape index (κ2) is 6.51. The van der Waals surface area contributed by atoms with E-state index in [-0.39, 0.29) is 5.91 Å². The van der Waals surface area contributed by atoms with E-state index in [4.69, 9.17) is 0 Å². The number of nitrogens with zero attached hydrogens (tertiary/aromatic N) is 5. The Morgan fingerprint density at radius 2 is 2.00 bits per heavy atom. The van der Waals surface area contributed by atoms with E-state index in [9.17, 15) is 4.79 Å². The minimum Gasteiger partial charge on any atom is -0.357 e. The highest BCUT2D eigenvalue weighted by molar-refractivity contribution is 5.94. The van der Waals surface area contributed by atoms with Gasteiger partial charge in [-0.3, -0.25) is 4.79 Å². The molecule has 4 rings (SSSR count). The van der Waals surface area contributed by atoms with Crippen LogP contribution in [-0.2, 0) is 0 Å². The van der Waals surface area contributed by atoms with Crippen molar-refractivity contribution in [2.45, 2.75) is 18.8 Å². The molecule has 0 bridgehead atoms. The molecule has 0 unspecified atom stereocenters. The Morgan fingerprint density at radius 3 is 2.80 bits per heavy atom. The summed E-state index contributed by atoms with van der Waals surface area (Å²) in [6, 6.07) is 7.68. The summed E-state index contributed by atoms with van der Waals surface area (Å²) in [6.45, 7) is 1.47. The van der Waals surface area contributed by atoms with Gasteiger partial charge in [0.05, 0.1) is 11.1 Å². The van der Waals surface area contributed by atoms with Gasteiger partial charge in [0.25, 0.3) is 5.91 Å². The Morgan fingerprint density at radius 1 is 1.16 bits per heavy atom. The minimum absolute atomic E-state index is 0.0643. The van der Waals surface area contributed by atoms with Crippen LogP contribution in [0, 0.1) is 0 Å². The monoisotopic (exact) mass is 336 g/mol. The number of hydrogen-bond acceptors (Lipinski definition) is 5.